The molecule has 0 saturated heterocycles. The second kappa shape index (κ2) is 7.34. The van der Waals surface area contributed by atoms with E-state index in [-0.39, 0.29) is 31.0 Å². The van der Waals surface area contributed by atoms with Crippen LogP contribution in [-0.4, -0.2) is 56.2 Å². The number of nitrogens with zero attached hydrogens (tertiary/aromatic N) is 1. The second-order valence-electron chi connectivity index (χ2n) is 2.58. The Labute approximate surface area is 109 Å². The van der Waals surface area contributed by atoms with Crippen LogP contribution in [0.5, 0.6) is 0 Å². The van der Waals surface area contributed by atoms with Gasteiger partial charge in [0.1, 0.15) is 6.29 Å². The molecule has 0 saturated carbocycles. The largest absolute Gasteiger partial charge is 1.00 e. The van der Waals surface area contributed by atoms with Crippen molar-refractivity contribution in [2.24, 2.45) is 0 Å². The topological polar surface area (TPSA) is 135 Å². The van der Waals surface area contributed by atoms with Crippen LogP contribution in [0.3, 0.4) is 0 Å². The predicted molar refractivity (Wildman–Crippen MR) is 44.9 cm³/mol. The molecule has 0 aliphatic heterocycles. The van der Waals surface area contributed by atoms with Crippen molar-refractivity contribution in [1.82, 2.24) is 4.90 Å². The van der Waals surface area contributed by atoms with Gasteiger partial charge in [-0.1, -0.05) is 0 Å². The molecule has 0 aromatic rings. The van der Waals surface area contributed by atoms with Gasteiger partial charge in [-0.25, -0.2) is 0 Å². The number of rotatable bonds is 6. The Balaban J connectivity index is -0.000000845. The van der Waals surface area contributed by atoms with Gasteiger partial charge in [-0.3, -0.25) is 19.1 Å². The van der Waals surface area contributed by atoms with Crippen LogP contribution in [-0.2, 0) is 14.2 Å². The van der Waals surface area contributed by atoms with Crippen molar-refractivity contribution in [2.75, 3.05) is 19.4 Å². The molecule has 10 heteroatoms. The van der Waals surface area contributed by atoms with Gasteiger partial charge in [0.25, 0.3) is 0 Å². The van der Waals surface area contributed by atoms with E-state index in [9.17, 15) is 14.2 Å². The van der Waals surface area contributed by atoms with E-state index >= 15 is 0 Å². The van der Waals surface area contributed by atoms with Gasteiger partial charge in [0.15, 0.2) is 0 Å². The Hall–Kier alpha value is 0.0500. The van der Waals surface area contributed by atoms with Crippen molar-refractivity contribution < 1.29 is 65.1 Å². The molecule has 0 spiro atoms. The fraction of sp³-hybridized carbons (Fsp3) is 0.600. The third kappa shape index (κ3) is 12.0. The van der Waals surface area contributed by atoms with E-state index in [0.717, 1.165) is 0 Å². The smallest absolute Gasteiger partial charge is 1.00 e. The van der Waals surface area contributed by atoms with Crippen molar-refractivity contribution >= 4 is 19.5 Å². The molecule has 0 aromatic heterocycles. The van der Waals surface area contributed by atoms with Crippen molar-refractivity contribution in [3.8, 4) is 0 Å². The Morgan fingerprint density at radius 1 is 1.13 bits per heavy atom. The zero-order valence-corrected chi connectivity index (χ0v) is 10.9. The molecule has 8 nitrogen and oxygen atoms in total. The normalized spacial score (nSPS) is 10.9. The number of hydrogen-bond donors (Lipinski definition) is 4. The van der Waals surface area contributed by atoms with Gasteiger partial charge in [-0.05, 0) is 0 Å². The molecule has 0 atom stereocenters. The summed E-state index contributed by atoms with van der Waals surface area (Å²) >= 11 is 0. The third-order valence-electron chi connectivity index (χ3n) is 1.10. The molecule has 0 amide bonds. The van der Waals surface area contributed by atoms with Gasteiger partial charge in [-0.15, -0.1) is 0 Å². The number of carboxylic acids is 2. The molecule has 0 aromatic carbocycles. The molecule has 0 fully saturated rings. The van der Waals surface area contributed by atoms with Crippen molar-refractivity contribution in [3.05, 3.63) is 0 Å². The summed E-state index contributed by atoms with van der Waals surface area (Å²) < 4.78 is 10.5. The molecule has 4 N–H and O–H groups in total. The summed E-state index contributed by atoms with van der Waals surface area (Å²) in [6, 6.07) is 0. The summed E-state index contributed by atoms with van der Waals surface area (Å²) in [5, 5.41) is 16.6. The summed E-state index contributed by atoms with van der Waals surface area (Å²) in [4.78, 5) is 38.0. The zero-order chi connectivity index (χ0) is 11.4. The molecule has 0 radical (unpaired) electrons. The molecule has 0 bridgehead atoms. The Morgan fingerprint density at radius 3 is 1.67 bits per heavy atom. The standard InChI is InChI=1S/C5H10NO7P.Na.H/c7-4(8)1-6(2-5(9)10)3-14(11,12)13;;/h1-3H2,(H,7,8)(H,9,10)(H2,11,12,13);;/q;+1;-1. The summed E-state index contributed by atoms with van der Waals surface area (Å²) in [5.74, 6) is -2.70. The zero-order valence-electron chi connectivity index (χ0n) is 9.03. The van der Waals surface area contributed by atoms with Gasteiger partial charge in [-0.2, -0.15) is 0 Å². The van der Waals surface area contributed by atoms with Crippen LogP contribution in [0.4, 0.5) is 0 Å². The minimum Gasteiger partial charge on any atom is -1.00 e. The maximum atomic E-state index is 10.5. The Morgan fingerprint density at radius 2 is 1.47 bits per heavy atom. The van der Waals surface area contributed by atoms with E-state index in [2.05, 4.69) is 0 Å². The molecule has 0 aliphatic carbocycles. The number of hydrogen-bond acceptors (Lipinski definition) is 4. The van der Waals surface area contributed by atoms with Gasteiger partial charge in [0, 0.05) is 0 Å². The van der Waals surface area contributed by atoms with Crippen LogP contribution in [0.25, 0.3) is 0 Å². The second-order valence-corrected chi connectivity index (χ2v) is 4.19. The van der Waals surface area contributed by atoms with E-state index in [0.29, 0.717) is 4.90 Å². The van der Waals surface area contributed by atoms with Crippen LogP contribution in [0, 0.1) is 0 Å². The molecular weight excluding hydrogens is 240 g/mol. The SMILES string of the molecule is O=C(O)CN(CC(=O)O)CP(=O)(O)O.[H-].[Na+]. The first-order valence-corrected chi connectivity index (χ1v) is 5.21. The summed E-state index contributed by atoms with van der Waals surface area (Å²) in [7, 11) is -4.44. The van der Waals surface area contributed by atoms with Crippen LogP contribution in [0.15, 0.2) is 0 Å². The van der Waals surface area contributed by atoms with E-state index in [1.54, 1.807) is 0 Å². The molecule has 0 aliphatic rings. The molecule has 0 heterocycles. The van der Waals surface area contributed by atoms with Gasteiger partial charge in [0.05, 0.1) is 13.1 Å². The number of aliphatic carboxylic acids is 2. The fourth-order valence-electron chi connectivity index (χ4n) is 0.799. The van der Waals surface area contributed by atoms with E-state index in [1.807, 2.05) is 0 Å². The van der Waals surface area contributed by atoms with Crippen molar-refractivity contribution in [3.63, 3.8) is 0 Å². The maximum absolute atomic E-state index is 10.5. The molecule has 0 unspecified atom stereocenters. The van der Waals surface area contributed by atoms with Crippen LogP contribution >= 0.6 is 7.60 Å². The van der Waals surface area contributed by atoms with E-state index in [4.69, 9.17) is 20.0 Å². The summed E-state index contributed by atoms with van der Waals surface area (Å²) in [6.07, 6.45) is -0.883. The first kappa shape index (κ1) is 17.4. The Kier molecular flexibility index (Phi) is 8.54. The van der Waals surface area contributed by atoms with Gasteiger partial charge >= 0.3 is 49.1 Å². The molecule has 0 rings (SSSR count). The maximum Gasteiger partial charge on any atom is 1.00 e. The number of carboxylic acid groups (broad SMARTS) is 2. The minimum atomic E-state index is -4.44. The molecule has 15 heavy (non-hydrogen) atoms. The van der Waals surface area contributed by atoms with Crippen LogP contribution < -0.4 is 29.6 Å². The minimum absolute atomic E-state index is 0. The predicted octanol–water partition coefficient (Wildman–Crippen LogP) is -4.29. The van der Waals surface area contributed by atoms with Gasteiger partial charge in [0.2, 0.25) is 0 Å². The Bertz CT molecular complexity index is 266. The fourth-order valence-corrected chi connectivity index (χ4v) is 1.52. The first-order valence-electron chi connectivity index (χ1n) is 3.41. The average molecular weight is 251 g/mol. The van der Waals surface area contributed by atoms with Gasteiger partial charge < -0.3 is 21.4 Å². The summed E-state index contributed by atoms with van der Waals surface area (Å²) in [5.41, 5.74) is 0. The van der Waals surface area contributed by atoms with E-state index in [1.165, 1.54) is 0 Å². The first-order chi connectivity index (χ1) is 6.20. The van der Waals surface area contributed by atoms with Crippen LogP contribution in [0.1, 0.15) is 1.43 Å². The van der Waals surface area contributed by atoms with Crippen LogP contribution in [0.2, 0.25) is 0 Å². The monoisotopic (exact) mass is 251 g/mol. The van der Waals surface area contributed by atoms with Crippen molar-refractivity contribution in [1.29, 1.82) is 0 Å². The quantitative estimate of drug-likeness (QED) is 0.275. The molecular formula is C5H11NNaO7P. The average Bonchev–Trinajstić information content (AvgIpc) is 1.77. The summed E-state index contributed by atoms with van der Waals surface area (Å²) in [6.45, 7) is -1.45. The third-order valence-corrected chi connectivity index (χ3v) is 1.87. The number of carbonyl (C=O) groups is 2. The van der Waals surface area contributed by atoms with Crippen molar-refractivity contribution in [2.45, 2.75) is 0 Å². The van der Waals surface area contributed by atoms with E-state index < -0.39 is 38.9 Å². The molecule has 84 valence electrons.